The number of aliphatic hydroxyl groups is 1. The maximum Gasteiger partial charge on any atom is 0.334 e. The molecule has 1 aromatic rings. The van der Waals surface area contributed by atoms with Crippen molar-refractivity contribution in [2.45, 2.75) is 25.9 Å². The third-order valence-corrected chi connectivity index (χ3v) is 1.99. The summed E-state index contributed by atoms with van der Waals surface area (Å²) < 4.78 is 0. The number of amides is 1. The van der Waals surface area contributed by atoms with Gasteiger partial charge in [0.15, 0.2) is 6.10 Å². The second kappa shape index (κ2) is 5.39. The molecule has 1 rings (SSSR count). The number of aromatic amines is 1. The van der Waals surface area contributed by atoms with E-state index in [9.17, 15) is 9.59 Å². The average molecular weight is 242 g/mol. The van der Waals surface area contributed by atoms with Gasteiger partial charge in [0.05, 0.1) is 6.54 Å². The van der Waals surface area contributed by atoms with E-state index in [-0.39, 0.29) is 18.3 Å². The predicted octanol–water partition coefficient (Wildman–Crippen LogP) is -0.897. The summed E-state index contributed by atoms with van der Waals surface area (Å²) >= 11 is 0. The standard InChI is InChI=1S/C9H14N4O4/c1-4(2)6-11-7(13-12-6)8(15)10-3-5(14)9(16)17/h4-5,14H,3H2,1-2H3,(H,10,15)(H,16,17)(H,11,12,13)/t5-/m0/s1. The smallest absolute Gasteiger partial charge is 0.334 e. The summed E-state index contributed by atoms with van der Waals surface area (Å²) in [5.41, 5.74) is 0. The summed E-state index contributed by atoms with van der Waals surface area (Å²) in [7, 11) is 0. The number of nitrogens with zero attached hydrogens (tertiary/aromatic N) is 2. The SMILES string of the molecule is CC(C)c1nc(C(=O)NC[C@H](O)C(=O)O)n[nH]1. The third-order valence-electron chi connectivity index (χ3n) is 1.99. The maximum absolute atomic E-state index is 11.4. The number of hydrogen-bond acceptors (Lipinski definition) is 5. The topological polar surface area (TPSA) is 128 Å². The monoisotopic (exact) mass is 242 g/mol. The Bertz CT molecular complexity index is 415. The van der Waals surface area contributed by atoms with E-state index in [1.54, 1.807) is 0 Å². The minimum atomic E-state index is -1.64. The minimum Gasteiger partial charge on any atom is -0.479 e. The Morgan fingerprint density at radius 2 is 2.12 bits per heavy atom. The molecule has 0 spiro atoms. The summed E-state index contributed by atoms with van der Waals surface area (Å²) in [6, 6.07) is 0. The van der Waals surface area contributed by atoms with Gasteiger partial charge >= 0.3 is 5.97 Å². The van der Waals surface area contributed by atoms with Crippen LogP contribution in [0.5, 0.6) is 0 Å². The van der Waals surface area contributed by atoms with Gasteiger partial charge in [0, 0.05) is 5.92 Å². The average Bonchev–Trinajstić information content (AvgIpc) is 2.74. The molecule has 8 nitrogen and oxygen atoms in total. The Hall–Kier alpha value is -1.96. The zero-order chi connectivity index (χ0) is 13.0. The Kier molecular flexibility index (Phi) is 4.16. The molecule has 0 unspecified atom stereocenters. The van der Waals surface area contributed by atoms with Gasteiger partial charge in [-0.15, -0.1) is 5.10 Å². The number of carboxylic acids is 1. The zero-order valence-electron chi connectivity index (χ0n) is 9.47. The van der Waals surface area contributed by atoms with Crippen LogP contribution in [0.1, 0.15) is 36.2 Å². The van der Waals surface area contributed by atoms with Crippen LogP contribution in [0, 0.1) is 0 Å². The number of rotatable bonds is 5. The summed E-state index contributed by atoms with van der Waals surface area (Å²) in [6.07, 6.45) is -1.64. The van der Waals surface area contributed by atoms with Crippen molar-refractivity contribution in [2.75, 3.05) is 6.54 Å². The molecule has 94 valence electrons. The molecule has 0 aromatic carbocycles. The Morgan fingerprint density at radius 3 is 2.59 bits per heavy atom. The van der Waals surface area contributed by atoms with E-state index in [2.05, 4.69) is 20.5 Å². The molecule has 0 aliphatic rings. The lowest BCUT2D eigenvalue weighted by Crippen LogP contribution is -2.36. The number of carbonyl (C=O) groups excluding carboxylic acids is 1. The number of carboxylic acid groups (broad SMARTS) is 1. The van der Waals surface area contributed by atoms with Crippen molar-refractivity contribution in [2.24, 2.45) is 0 Å². The lowest BCUT2D eigenvalue weighted by atomic mass is 10.2. The molecule has 0 aliphatic heterocycles. The Morgan fingerprint density at radius 1 is 1.47 bits per heavy atom. The second-order valence-electron chi connectivity index (χ2n) is 3.76. The van der Waals surface area contributed by atoms with Crippen molar-refractivity contribution >= 4 is 11.9 Å². The number of aliphatic carboxylic acids is 1. The van der Waals surface area contributed by atoms with Crippen molar-refractivity contribution in [1.29, 1.82) is 0 Å². The fraction of sp³-hybridized carbons (Fsp3) is 0.556. The first-order valence-corrected chi connectivity index (χ1v) is 5.03. The molecular weight excluding hydrogens is 228 g/mol. The van der Waals surface area contributed by atoms with Gasteiger partial charge in [-0.05, 0) is 0 Å². The van der Waals surface area contributed by atoms with E-state index in [0.29, 0.717) is 5.82 Å². The first kappa shape index (κ1) is 13.1. The zero-order valence-corrected chi connectivity index (χ0v) is 9.47. The van der Waals surface area contributed by atoms with Crippen LogP contribution < -0.4 is 5.32 Å². The van der Waals surface area contributed by atoms with E-state index in [4.69, 9.17) is 10.2 Å². The van der Waals surface area contributed by atoms with E-state index < -0.39 is 18.0 Å². The lowest BCUT2D eigenvalue weighted by Gasteiger charge is -2.05. The van der Waals surface area contributed by atoms with Gasteiger partial charge in [-0.3, -0.25) is 9.89 Å². The molecular formula is C9H14N4O4. The van der Waals surface area contributed by atoms with Gasteiger partial charge in [-0.25, -0.2) is 9.78 Å². The van der Waals surface area contributed by atoms with Crippen LogP contribution >= 0.6 is 0 Å². The van der Waals surface area contributed by atoms with Crippen LogP contribution in [0.2, 0.25) is 0 Å². The first-order valence-electron chi connectivity index (χ1n) is 5.03. The molecule has 0 bridgehead atoms. The van der Waals surface area contributed by atoms with Crippen LogP contribution in [0.4, 0.5) is 0 Å². The number of hydrogen-bond donors (Lipinski definition) is 4. The molecule has 0 radical (unpaired) electrons. The second-order valence-corrected chi connectivity index (χ2v) is 3.76. The van der Waals surface area contributed by atoms with Crippen molar-refractivity contribution in [3.63, 3.8) is 0 Å². The quantitative estimate of drug-likeness (QED) is 0.530. The maximum atomic E-state index is 11.4. The molecule has 0 saturated heterocycles. The normalized spacial score (nSPS) is 12.5. The third kappa shape index (κ3) is 3.52. The van der Waals surface area contributed by atoms with Gasteiger partial charge in [0.1, 0.15) is 5.82 Å². The van der Waals surface area contributed by atoms with Crippen LogP contribution in [0.25, 0.3) is 0 Å². The highest BCUT2D eigenvalue weighted by Gasteiger charge is 2.17. The van der Waals surface area contributed by atoms with Crippen LogP contribution in [-0.2, 0) is 4.79 Å². The molecule has 1 aromatic heterocycles. The largest absolute Gasteiger partial charge is 0.479 e. The Balaban J connectivity index is 2.55. The number of aromatic nitrogens is 3. The van der Waals surface area contributed by atoms with E-state index in [1.165, 1.54) is 0 Å². The van der Waals surface area contributed by atoms with Crippen molar-refractivity contribution in [3.05, 3.63) is 11.6 Å². The lowest BCUT2D eigenvalue weighted by molar-refractivity contribution is -0.146. The van der Waals surface area contributed by atoms with Crippen LogP contribution in [0.3, 0.4) is 0 Å². The molecule has 1 heterocycles. The highest BCUT2D eigenvalue weighted by atomic mass is 16.4. The summed E-state index contributed by atoms with van der Waals surface area (Å²) in [5, 5.41) is 25.9. The molecule has 4 N–H and O–H groups in total. The summed E-state index contributed by atoms with van der Waals surface area (Å²) in [4.78, 5) is 25.7. The molecule has 17 heavy (non-hydrogen) atoms. The Labute approximate surface area is 97.1 Å². The number of aliphatic hydroxyl groups excluding tert-OH is 1. The molecule has 8 heteroatoms. The van der Waals surface area contributed by atoms with E-state index in [0.717, 1.165) is 0 Å². The minimum absolute atomic E-state index is 0.0775. The van der Waals surface area contributed by atoms with E-state index >= 15 is 0 Å². The van der Waals surface area contributed by atoms with E-state index in [1.807, 2.05) is 13.8 Å². The molecule has 0 saturated carbocycles. The fourth-order valence-corrected chi connectivity index (χ4v) is 0.990. The molecule has 0 fully saturated rings. The van der Waals surface area contributed by atoms with Crippen LogP contribution in [-0.4, -0.2) is 49.9 Å². The van der Waals surface area contributed by atoms with Crippen molar-refractivity contribution in [1.82, 2.24) is 20.5 Å². The molecule has 1 atom stereocenters. The fourth-order valence-electron chi connectivity index (χ4n) is 0.990. The summed E-state index contributed by atoms with van der Waals surface area (Å²) in [6.45, 7) is 3.38. The van der Waals surface area contributed by atoms with Crippen molar-refractivity contribution < 1.29 is 19.8 Å². The van der Waals surface area contributed by atoms with Gasteiger partial charge in [0.2, 0.25) is 5.82 Å². The van der Waals surface area contributed by atoms with Crippen LogP contribution in [0.15, 0.2) is 0 Å². The van der Waals surface area contributed by atoms with Gasteiger partial charge in [-0.2, -0.15) is 0 Å². The highest BCUT2D eigenvalue weighted by molar-refractivity contribution is 5.90. The molecule has 0 aliphatic carbocycles. The predicted molar refractivity (Wildman–Crippen MR) is 56.4 cm³/mol. The van der Waals surface area contributed by atoms with Crippen molar-refractivity contribution in [3.8, 4) is 0 Å². The van der Waals surface area contributed by atoms with Gasteiger partial charge < -0.3 is 15.5 Å². The van der Waals surface area contributed by atoms with Gasteiger partial charge in [0.25, 0.3) is 5.91 Å². The van der Waals surface area contributed by atoms with Gasteiger partial charge in [-0.1, -0.05) is 13.8 Å². The number of nitrogens with one attached hydrogen (secondary N) is 2. The highest BCUT2D eigenvalue weighted by Crippen LogP contribution is 2.07. The number of carbonyl (C=O) groups is 2. The number of H-pyrrole nitrogens is 1. The first-order chi connectivity index (χ1) is 7.91. The molecule has 1 amide bonds. The summed E-state index contributed by atoms with van der Waals surface area (Å²) in [5.74, 6) is -1.44.